The van der Waals surface area contributed by atoms with E-state index in [9.17, 15) is 24.2 Å². The highest BCUT2D eigenvalue weighted by atomic mass is 19.1. The molecule has 30 heavy (non-hydrogen) atoms. The second-order valence-electron chi connectivity index (χ2n) is 7.01. The standard InChI is InChI=1S/C22H18FN3O4/c1-12-3-2-4-14(21(12)23)10-26-15-6-5-13(7-18(29)30)22(25-11-27)20(15)19-16(26)8-24-9-17(19)28/h2-6,8-9,11,28H,7,10H2,1H3,(H,25,27)(H,29,30). The van der Waals surface area contributed by atoms with E-state index in [-0.39, 0.29) is 24.5 Å². The minimum atomic E-state index is -1.06. The van der Waals surface area contributed by atoms with Gasteiger partial charge in [0.15, 0.2) is 0 Å². The summed E-state index contributed by atoms with van der Waals surface area (Å²) in [5, 5.41) is 23.2. The highest BCUT2D eigenvalue weighted by Crippen LogP contribution is 2.40. The van der Waals surface area contributed by atoms with Gasteiger partial charge in [0.1, 0.15) is 11.6 Å². The van der Waals surface area contributed by atoms with E-state index in [1.165, 1.54) is 6.20 Å². The van der Waals surface area contributed by atoms with Gasteiger partial charge in [0.2, 0.25) is 6.41 Å². The van der Waals surface area contributed by atoms with Gasteiger partial charge >= 0.3 is 5.97 Å². The van der Waals surface area contributed by atoms with E-state index >= 15 is 0 Å². The summed E-state index contributed by atoms with van der Waals surface area (Å²) >= 11 is 0. The number of rotatable bonds is 6. The average molecular weight is 407 g/mol. The third-order valence-corrected chi connectivity index (χ3v) is 5.15. The fourth-order valence-electron chi connectivity index (χ4n) is 3.85. The summed E-state index contributed by atoms with van der Waals surface area (Å²) in [6.45, 7) is 1.85. The molecule has 0 saturated carbocycles. The predicted molar refractivity (Wildman–Crippen MR) is 110 cm³/mol. The first kappa shape index (κ1) is 19.4. The normalized spacial score (nSPS) is 11.1. The molecule has 0 fully saturated rings. The van der Waals surface area contributed by atoms with Crippen molar-refractivity contribution in [3.63, 3.8) is 0 Å². The number of aromatic nitrogens is 2. The summed E-state index contributed by atoms with van der Waals surface area (Å²) < 4.78 is 16.5. The Morgan fingerprint density at radius 2 is 1.97 bits per heavy atom. The predicted octanol–water partition coefficient (Wildman–Crippen LogP) is 3.59. The topological polar surface area (TPSA) is 104 Å². The molecule has 0 bridgehead atoms. The molecule has 0 atom stereocenters. The van der Waals surface area contributed by atoms with E-state index in [1.54, 1.807) is 48.0 Å². The van der Waals surface area contributed by atoms with Gasteiger partial charge in [-0.25, -0.2) is 4.39 Å². The monoisotopic (exact) mass is 407 g/mol. The quantitative estimate of drug-likeness (QED) is 0.424. The van der Waals surface area contributed by atoms with Crippen molar-refractivity contribution < 1.29 is 24.2 Å². The second-order valence-corrected chi connectivity index (χ2v) is 7.01. The van der Waals surface area contributed by atoms with E-state index in [0.717, 1.165) is 0 Å². The first-order chi connectivity index (χ1) is 14.4. The Labute approximate surface area is 170 Å². The first-order valence-corrected chi connectivity index (χ1v) is 9.19. The Morgan fingerprint density at radius 1 is 1.17 bits per heavy atom. The fraction of sp³-hybridized carbons (Fsp3) is 0.136. The number of pyridine rings is 1. The Bertz CT molecular complexity index is 1310. The number of carboxylic acids is 1. The van der Waals surface area contributed by atoms with Gasteiger partial charge in [-0.05, 0) is 24.1 Å². The van der Waals surface area contributed by atoms with E-state index in [0.29, 0.717) is 50.6 Å². The fourth-order valence-corrected chi connectivity index (χ4v) is 3.85. The number of halogens is 1. The highest BCUT2D eigenvalue weighted by Gasteiger charge is 2.21. The number of carbonyl (C=O) groups excluding carboxylic acids is 1. The van der Waals surface area contributed by atoms with Crippen LogP contribution in [-0.2, 0) is 22.6 Å². The number of amides is 1. The summed E-state index contributed by atoms with van der Waals surface area (Å²) in [7, 11) is 0. The Morgan fingerprint density at radius 3 is 2.70 bits per heavy atom. The maximum atomic E-state index is 14.7. The van der Waals surface area contributed by atoms with Crippen LogP contribution in [0, 0.1) is 12.7 Å². The van der Waals surface area contributed by atoms with Gasteiger partial charge in [-0.3, -0.25) is 14.6 Å². The number of aromatic hydroxyl groups is 1. The molecule has 0 saturated heterocycles. The van der Waals surface area contributed by atoms with Crippen LogP contribution in [0.1, 0.15) is 16.7 Å². The lowest BCUT2D eigenvalue weighted by atomic mass is 10.0. The lowest BCUT2D eigenvalue weighted by molar-refractivity contribution is -0.136. The average Bonchev–Trinajstić information content (AvgIpc) is 3.02. The SMILES string of the molecule is Cc1cccc(Cn2c3cncc(O)c3c3c(NC=O)c(CC(=O)O)ccc32)c1F. The Hall–Kier alpha value is -3.94. The van der Waals surface area contributed by atoms with E-state index in [1.807, 2.05) is 0 Å². The molecule has 0 unspecified atom stereocenters. The zero-order valence-electron chi connectivity index (χ0n) is 16.0. The lowest BCUT2D eigenvalue weighted by Crippen LogP contribution is -2.06. The van der Waals surface area contributed by atoms with Gasteiger partial charge < -0.3 is 20.1 Å². The molecule has 0 aliphatic rings. The molecule has 3 N–H and O–H groups in total. The molecule has 2 heterocycles. The summed E-state index contributed by atoms with van der Waals surface area (Å²) in [5.74, 6) is -1.50. The van der Waals surface area contributed by atoms with Crippen molar-refractivity contribution in [3.05, 3.63) is 65.2 Å². The van der Waals surface area contributed by atoms with Crippen molar-refractivity contribution in [2.75, 3.05) is 5.32 Å². The number of fused-ring (bicyclic) bond motifs is 3. The number of benzene rings is 2. The molecule has 4 rings (SSSR count). The maximum Gasteiger partial charge on any atom is 0.307 e. The number of hydrogen-bond acceptors (Lipinski definition) is 4. The van der Waals surface area contributed by atoms with Gasteiger partial charge in [0, 0.05) is 10.9 Å². The third-order valence-electron chi connectivity index (χ3n) is 5.15. The van der Waals surface area contributed by atoms with E-state index in [4.69, 9.17) is 0 Å². The number of aryl methyl sites for hydroxylation is 1. The largest absolute Gasteiger partial charge is 0.506 e. The number of nitrogens with one attached hydrogen (secondary N) is 1. The number of hydrogen-bond donors (Lipinski definition) is 3. The summed E-state index contributed by atoms with van der Waals surface area (Å²) in [6.07, 6.45) is 2.97. The number of carbonyl (C=O) groups is 2. The maximum absolute atomic E-state index is 14.7. The second kappa shape index (κ2) is 7.47. The molecule has 0 spiro atoms. The van der Waals surface area contributed by atoms with Crippen molar-refractivity contribution in [2.45, 2.75) is 19.9 Å². The highest BCUT2D eigenvalue weighted by molar-refractivity contribution is 6.18. The first-order valence-electron chi connectivity index (χ1n) is 9.19. The van der Waals surface area contributed by atoms with Crippen molar-refractivity contribution in [1.29, 1.82) is 0 Å². The molecule has 1 amide bonds. The molecule has 152 valence electrons. The van der Waals surface area contributed by atoms with Crippen LogP contribution in [0.25, 0.3) is 21.8 Å². The van der Waals surface area contributed by atoms with Gasteiger partial charge in [-0.1, -0.05) is 24.3 Å². The van der Waals surface area contributed by atoms with Crippen LogP contribution in [0.15, 0.2) is 42.7 Å². The third kappa shape index (κ3) is 3.12. The van der Waals surface area contributed by atoms with E-state index < -0.39 is 5.97 Å². The van der Waals surface area contributed by atoms with Crippen molar-refractivity contribution in [3.8, 4) is 5.75 Å². The van der Waals surface area contributed by atoms with Crippen LogP contribution >= 0.6 is 0 Å². The summed E-state index contributed by atoms with van der Waals surface area (Å²) in [5.41, 5.74) is 2.79. The van der Waals surface area contributed by atoms with Gasteiger partial charge in [-0.15, -0.1) is 0 Å². The molecule has 4 aromatic rings. The number of carboxylic acid groups (broad SMARTS) is 1. The Balaban J connectivity index is 2.06. The molecular formula is C22H18FN3O4. The van der Waals surface area contributed by atoms with Crippen LogP contribution in [0.4, 0.5) is 10.1 Å². The van der Waals surface area contributed by atoms with Crippen molar-refractivity contribution in [2.24, 2.45) is 0 Å². The molecule has 7 nitrogen and oxygen atoms in total. The minimum absolute atomic E-state index is 0.123. The zero-order valence-corrected chi connectivity index (χ0v) is 16.0. The molecule has 0 radical (unpaired) electrons. The lowest BCUT2D eigenvalue weighted by Gasteiger charge is -2.12. The van der Waals surface area contributed by atoms with Gasteiger partial charge in [0.05, 0.1) is 47.5 Å². The minimum Gasteiger partial charge on any atom is -0.506 e. The van der Waals surface area contributed by atoms with Gasteiger partial charge in [-0.2, -0.15) is 0 Å². The van der Waals surface area contributed by atoms with Crippen LogP contribution < -0.4 is 5.32 Å². The smallest absolute Gasteiger partial charge is 0.307 e. The van der Waals surface area contributed by atoms with Gasteiger partial charge in [0.25, 0.3) is 0 Å². The number of nitrogens with zero attached hydrogens (tertiary/aromatic N) is 2. The Kier molecular flexibility index (Phi) is 4.83. The van der Waals surface area contributed by atoms with Crippen molar-refractivity contribution >= 4 is 39.9 Å². The molecule has 0 aliphatic heterocycles. The van der Waals surface area contributed by atoms with E-state index in [2.05, 4.69) is 10.3 Å². The molecule has 8 heteroatoms. The molecule has 0 aliphatic carbocycles. The summed E-state index contributed by atoms with van der Waals surface area (Å²) in [4.78, 5) is 26.6. The van der Waals surface area contributed by atoms with Crippen LogP contribution in [0.3, 0.4) is 0 Å². The zero-order chi connectivity index (χ0) is 21.4. The van der Waals surface area contributed by atoms with Crippen LogP contribution in [0.5, 0.6) is 5.75 Å². The molecule has 2 aromatic heterocycles. The van der Waals surface area contributed by atoms with Crippen molar-refractivity contribution in [1.82, 2.24) is 9.55 Å². The summed E-state index contributed by atoms with van der Waals surface area (Å²) in [6, 6.07) is 8.44. The number of anilines is 1. The van der Waals surface area contributed by atoms with Crippen LogP contribution in [-0.4, -0.2) is 32.1 Å². The number of aliphatic carboxylic acids is 1. The molecule has 2 aromatic carbocycles. The molecular weight excluding hydrogens is 389 g/mol. The van der Waals surface area contributed by atoms with Crippen LogP contribution in [0.2, 0.25) is 0 Å².